The second-order valence-electron chi connectivity index (χ2n) is 14.3. The van der Waals surface area contributed by atoms with Crippen LogP contribution in [0.1, 0.15) is 116 Å². The molecule has 11 nitrogen and oxygen atoms in total. The third kappa shape index (κ3) is 11.1. The molecule has 0 amide bonds. The Hall–Kier alpha value is -4.10. The average Bonchev–Trinajstić information content (AvgIpc) is 3.16. The van der Waals surface area contributed by atoms with Crippen molar-refractivity contribution in [2.24, 2.45) is 0 Å². The van der Waals surface area contributed by atoms with Gasteiger partial charge in [0.2, 0.25) is 5.95 Å². The average molecular weight is 818 g/mol. The van der Waals surface area contributed by atoms with Gasteiger partial charge in [-0.25, -0.2) is 13.4 Å². The minimum absolute atomic E-state index is 0.0185. The molecule has 6 N–H and O–H groups in total. The quantitative estimate of drug-likeness (QED) is 0.0871. The smallest absolute Gasteiger partial charge is 0.229 e. The Morgan fingerprint density at radius 1 is 0.857 bits per heavy atom. The van der Waals surface area contributed by atoms with Crippen molar-refractivity contribution in [1.29, 1.82) is 0 Å². The van der Waals surface area contributed by atoms with Gasteiger partial charge in [0.05, 0.1) is 48.3 Å². The van der Waals surface area contributed by atoms with E-state index in [4.69, 9.17) is 41.9 Å². The zero-order valence-electron chi connectivity index (χ0n) is 44.1. The molecule has 0 aliphatic carbocycles. The molecule has 4 aromatic rings. The lowest BCUT2D eigenvalue weighted by atomic mass is 9.87. The number of hydrogen-bond acceptors (Lipinski definition) is 11. The summed E-state index contributed by atoms with van der Waals surface area (Å²) in [7, 11) is -4.04. The molecule has 1 aromatic heterocycles. The highest BCUT2D eigenvalue weighted by Gasteiger charge is 2.24. The molecule has 0 atom stereocenters. The number of benzene rings is 3. The Morgan fingerprint density at radius 3 is 1.96 bits per heavy atom. The Kier molecular flexibility index (Phi) is 10.4. The number of nitrogen functional groups attached to an aromatic ring is 1. The van der Waals surface area contributed by atoms with Crippen LogP contribution in [0.15, 0.2) is 59.6 Å². The highest BCUT2D eigenvalue weighted by molar-refractivity contribution is 7.92. The number of nitrogens with one attached hydrogen (secondary N) is 4. The van der Waals surface area contributed by atoms with Crippen LogP contribution in [0.5, 0.6) is 11.5 Å². The Morgan fingerprint density at radius 2 is 1.39 bits per heavy atom. The Balaban J connectivity index is 0.000000306. The van der Waals surface area contributed by atoms with Crippen molar-refractivity contribution in [2.75, 3.05) is 42.4 Å². The van der Waals surface area contributed by atoms with E-state index in [9.17, 15) is 8.42 Å². The van der Waals surface area contributed by atoms with Crippen molar-refractivity contribution >= 4 is 50.3 Å². The van der Waals surface area contributed by atoms with Crippen molar-refractivity contribution in [3.8, 4) is 11.5 Å². The van der Waals surface area contributed by atoms with E-state index in [0.29, 0.717) is 22.4 Å². The van der Waals surface area contributed by atoms with E-state index in [0.717, 1.165) is 5.56 Å². The zero-order chi connectivity index (χ0) is 50.4. The molecule has 6 rings (SSSR count). The van der Waals surface area contributed by atoms with Gasteiger partial charge < -0.3 is 36.5 Å². The van der Waals surface area contributed by atoms with Crippen LogP contribution in [0.2, 0.25) is 5.02 Å². The molecule has 304 valence electrons. The first-order chi connectivity index (χ1) is 30.6. The van der Waals surface area contributed by atoms with Crippen molar-refractivity contribution in [1.82, 2.24) is 20.6 Å². The normalized spacial score (nSPS) is 22.1. The van der Waals surface area contributed by atoms with E-state index in [1.807, 2.05) is 27.7 Å². The molecule has 0 radical (unpaired) electrons. The molecule has 3 aromatic carbocycles. The molecule has 2 saturated heterocycles. The first-order valence-electron chi connectivity index (χ1n) is 24.0. The van der Waals surface area contributed by atoms with Crippen LogP contribution < -0.4 is 36.5 Å². The summed E-state index contributed by atoms with van der Waals surface area (Å²) in [4.78, 5) is 8.58. The van der Waals surface area contributed by atoms with Gasteiger partial charge in [-0.05, 0) is 178 Å². The summed E-state index contributed by atoms with van der Waals surface area (Å²) >= 11 is 6.39. The molecule has 56 heavy (non-hydrogen) atoms. The van der Waals surface area contributed by atoms with Crippen LogP contribution in [0.25, 0.3) is 0 Å². The largest absolute Gasteiger partial charge is 0.489 e. The predicted octanol–water partition coefficient (Wildman–Crippen LogP) is 9.19. The lowest BCUT2D eigenvalue weighted by Gasteiger charge is -2.26. The second kappa shape index (κ2) is 19.4. The van der Waals surface area contributed by atoms with Crippen LogP contribution >= 0.6 is 11.6 Å². The summed E-state index contributed by atoms with van der Waals surface area (Å²) in [6, 6.07) is 9.78. The molecule has 2 aliphatic heterocycles. The number of halogens is 1. The lowest BCUT2D eigenvalue weighted by molar-refractivity contribution is 0.243. The SMILES string of the molecule is [2H]c1c(C)c(C2CC([2H])([2H])NC([2H])([2H])C2)cc(OC(C)C)c1N.[2H]c1c(C)c(C2CC([2H])([2H])NC([2H])([2H])C2)cc(OC(C)C)c1Nc1ncc(Cl)c(Nc2ccccc2S(=O)(=O)C([2H])(C)C)n1. The summed E-state index contributed by atoms with van der Waals surface area (Å²) in [6.45, 7) is 5.95. The summed E-state index contributed by atoms with van der Waals surface area (Å²) in [5.41, 5.74) is 9.15. The van der Waals surface area contributed by atoms with E-state index in [2.05, 4.69) is 31.2 Å². The van der Waals surface area contributed by atoms with Gasteiger partial charge in [-0.15, -0.1) is 0 Å². The molecule has 0 bridgehead atoms. The highest BCUT2D eigenvalue weighted by atomic mass is 35.5. The number of hydrogen-bond donors (Lipinski definition) is 5. The summed E-state index contributed by atoms with van der Waals surface area (Å²) < 4.78 is 128. The van der Waals surface area contributed by atoms with E-state index in [1.165, 1.54) is 32.2 Å². The lowest BCUT2D eigenvalue weighted by Crippen LogP contribution is -2.27. The first kappa shape index (κ1) is 30.0. The minimum atomic E-state index is -4.04. The number of rotatable bonds is 12. The standard InChI is InChI=1S/C28H36ClN5O3S.C15H24N2O/c1-17(2)37-25-15-21(20-10-12-30-13-11-20)19(5)14-24(25)33-28-31-16-22(29)27(34-28)32-23-8-6-7-9-26(23)38(35,36)18(3)4;1-10(2)18-15-9-13(11(3)8-14(15)16)12-4-6-17-7-5-12/h6-9,14-18,20,30H,10-13H2,1-5H3,(H2,31,32,33,34);8-10,12,17H,4-7,16H2,1-3H3/i12D2,13D2,14D,18D;6D2,7D2,8D. The highest BCUT2D eigenvalue weighted by Crippen LogP contribution is 2.38. The molecule has 0 saturated carbocycles. The predicted molar refractivity (Wildman–Crippen MR) is 230 cm³/mol. The number of para-hydroxylation sites is 1. The van der Waals surface area contributed by atoms with Crippen LogP contribution in [0, 0.1) is 13.8 Å². The fourth-order valence-electron chi connectivity index (χ4n) is 6.13. The minimum Gasteiger partial charge on any atom is -0.489 e. The topological polar surface area (TPSA) is 153 Å². The van der Waals surface area contributed by atoms with E-state index < -0.39 is 47.0 Å². The van der Waals surface area contributed by atoms with Crippen LogP contribution in [0.4, 0.5) is 28.8 Å². The maximum atomic E-state index is 13.1. The third-order valence-corrected chi connectivity index (χ3v) is 11.2. The number of anilines is 5. The van der Waals surface area contributed by atoms with Crippen LogP contribution in [0.3, 0.4) is 0 Å². The molecule has 13 heteroatoms. The molecule has 0 spiro atoms. The van der Waals surface area contributed by atoms with E-state index >= 15 is 0 Å². The second-order valence-corrected chi connectivity index (χ2v) is 16.9. The van der Waals surface area contributed by atoms with Gasteiger partial charge in [0, 0.05) is 12.3 Å². The maximum Gasteiger partial charge on any atom is 0.229 e. The number of sulfone groups is 1. The number of nitrogens with two attached hydrogens (primary N) is 1. The monoisotopic (exact) mass is 816 g/mol. The maximum absolute atomic E-state index is 13.1. The van der Waals surface area contributed by atoms with Gasteiger partial charge in [0.1, 0.15) is 16.5 Å². The Labute approximate surface area is 354 Å². The molecular weight excluding hydrogens is 746 g/mol. The third-order valence-electron chi connectivity index (χ3n) is 8.89. The van der Waals surface area contributed by atoms with Crippen molar-refractivity contribution in [3.05, 3.63) is 82.0 Å². The van der Waals surface area contributed by atoms with E-state index in [-0.39, 0.29) is 100 Å². The van der Waals surface area contributed by atoms with Gasteiger partial charge in [-0.1, -0.05) is 23.7 Å². The van der Waals surface area contributed by atoms with Crippen LogP contribution in [-0.2, 0) is 9.84 Å². The summed E-state index contributed by atoms with van der Waals surface area (Å²) in [5, 5.41) is 9.06. The fourth-order valence-corrected chi connectivity index (χ4v) is 7.37. The van der Waals surface area contributed by atoms with Crippen molar-refractivity contribution < 1.29 is 33.0 Å². The summed E-state index contributed by atoms with van der Waals surface area (Å²) in [5.74, 6) is -0.0542. The molecule has 0 unspecified atom stereocenters. The number of nitrogens with zero attached hydrogens (tertiary/aromatic N) is 2. The summed E-state index contributed by atoms with van der Waals surface area (Å²) in [6.07, 6.45) is 1.24. The van der Waals surface area contributed by atoms with Crippen LogP contribution in [-0.4, -0.2) is 61.8 Å². The first-order valence-corrected chi connectivity index (χ1v) is 20.3. The Bertz CT molecular complexity index is 2550. The van der Waals surface area contributed by atoms with Gasteiger partial charge in [-0.3, -0.25) is 0 Å². The van der Waals surface area contributed by atoms with Crippen molar-refractivity contribution in [2.45, 2.75) is 115 Å². The van der Waals surface area contributed by atoms with Crippen molar-refractivity contribution in [3.63, 3.8) is 0 Å². The van der Waals surface area contributed by atoms with Gasteiger partial charge in [-0.2, -0.15) is 4.98 Å². The zero-order valence-corrected chi connectivity index (χ0v) is 34.6. The van der Waals surface area contributed by atoms with Gasteiger partial charge in [0.25, 0.3) is 0 Å². The van der Waals surface area contributed by atoms with E-state index in [1.54, 1.807) is 38.1 Å². The molecule has 2 fully saturated rings. The number of piperidine rings is 2. The van der Waals surface area contributed by atoms with Gasteiger partial charge >= 0.3 is 0 Å². The molecule has 3 heterocycles. The fraction of sp³-hybridized carbons (Fsp3) is 0.488. The molecular formula is C43H60ClN7O4S. The number of ether oxygens (including phenoxy) is 2. The number of aromatic nitrogens is 2. The molecule has 2 aliphatic rings. The van der Waals surface area contributed by atoms with Gasteiger partial charge in [0.15, 0.2) is 15.7 Å².